The van der Waals surface area contributed by atoms with Crippen molar-refractivity contribution in [3.63, 3.8) is 0 Å². The van der Waals surface area contributed by atoms with E-state index in [2.05, 4.69) is 31.9 Å². The van der Waals surface area contributed by atoms with Crippen LogP contribution < -0.4 is 37.6 Å². The van der Waals surface area contributed by atoms with Gasteiger partial charge in [0.25, 0.3) is 11.8 Å². The summed E-state index contributed by atoms with van der Waals surface area (Å²) in [5, 5.41) is 25.1. The molecular formula is C43H64N8O11. The maximum atomic E-state index is 13.9. The van der Waals surface area contributed by atoms with E-state index in [9.17, 15) is 48.3 Å². The van der Waals surface area contributed by atoms with Crippen LogP contribution in [0.5, 0.6) is 0 Å². The van der Waals surface area contributed by atoms with E-state index >= 15 is 0 Å². The molecule has 0 bridgehead atoms. The van der Waals surface area contributed by atoms with E-state index in [1.807, 2.05) is 0 Å². The minimum atomic E-state index is -1.36. The first-order valence-electron chi connectivity index (χ1n) is 21.3. The van der Waals surface area contributed by atoms with Crippen LogP contribution in [0.2, 0.25) is 0 Å². The molecule has 19 heteroatoms. The Bertz CT molecular complexity index is 1760. The van der Waals surface area contributed by atoms with Gasteiger partial charge in [-0.25, -0.2) is 4.79 Å². The SMILES string of the molecule is CC(C)C(NC(=O)C(CCNC(=O)C(C)(C)CCO)NC(=O)CN1C(=O)C=CC1=O)C(=O)NC(CCCNC(N)=O)C(=O)Nc1ccc(COC(=O)C2CCCCCCC2)cc1. The Labute approximate surface area is 362 Å². The number of carbonyl (C=O) groups is 9. The molecule has 342 valence electrons. The van der Waals surface area contributed by atoms with Gasteiger partial charge in [0.1, 0.15) is 31.3 Å². The molecule has 1 aromatic rings. The van der Waals surface area contributed by atoms with Crippen LogP contribution in [-0.2, 0) is 49.7 Å². The highest BCUT2D eigenvalue weighted by Gasteiger charge is 2.34. The zero-order valence-corrected chi connectivity index (χ0v) is 36.2. The summed E-state index contributed by atoms with van der Waals surface area (Å²) in [5.74, 6) is -5.70. The maximum absolute atomic E-state index is 13.9. The Morgan fingerprint density at radius 2 is 1.42 bits per heavy atom. The summed E-state index contributed by atoms with van der Waals surface area (Å²) in [4.78, 5) is 116. The number of hydrogen-bond acceptors (Lipinski definition) is 11. The summed E-state index contributed by atoms with van der Waals surface area (Å²) >= 11 is 0. The van der Waals surface area contributed by atoms with Gasteiger partial charge in [-0.2, -0.15) is 0 Å². The lowest BCUT2D eigenvalue weighted by Crippen LogP contribution is -2.58. The number of esters is 1. The van der Waals surface area contributed by atoms with E-state index in [4.69, 9.17) is 10.5 Å². The third-order valence-electron chi connectivity index (χ3n) is 10.8. The van der Waals surface area contributed by atoms with Crippen molar-refractivity contribution in [1.29, 1.82) is 0 Å². The molecular weight excluding hydrogens is 805 g/mol. The lowest BCUT2D eigenvalue weighted by molar-refractivity contribution is -0.150. The average Bonchev–Trinajstić information content (AvgIpc) is 3.51. The number of benzene rings is 1. The van der Waals surface area contributed by atoms with E-state index in [1.165, 1.54) is 6.42 Å². The zero-order chi connectivity index (χ0) is 45.8. The first kappa shape index (κ1) is 50.5. The Balaban J connectivity index is 1.71. The normalized spacial score (nSPS) is 16.0. The van der Waals surface area contributed by atoms with E-state index < -0.39 is 83.4 Å². The molecule has 19 nitrogen and oxygen atoms in total. The average molecular weight is 869 g/mol. The second-order valence-electron chi connectivity index (χ2n) is 16.7. The quantitative estimate of drug-likeness (QED) is 0.0442. The Hall–Kier alpha value is -5.85. The number of carbonyl (C=O) groups excluding carboxylic acids is 9. The highest BCUT2D eigenvalue weighted by Crippen LogP contribution is 2.24. The molecule has 2 aliphatic rings. The lowest BCUT2D eigenvalue weighted by Gasteiger charge is -2.28. The molecule has 9 amide bonds. The van der Waals surface area contributed by atoms with Gasteiger partial charge in [0, 0.05) is 43.0 Å². The number of primary amides is 1. The fraction of sp³-hybridized carbons (Fsp3) is 0.605. The largest absolute Gasteiger partial charge is 0.461 e. The van der Waals surface area contributed by atoms with Gasteiger partial charge >= 0.3 is 12.0 Å². The number of anilines is 1. The topological polar surface area (TPSA) is 285 Å². The minimum Gasteiger partial charge on any atom is -0.461 e. The number of nitrogens with two attached hydrogens (primary N) is 1. The number of aliphatic hydroxyl groups excluding tert-OH is 1. The molecule has 3 rings (SSSR count). The number of nitrogens with zero attached hydrogens (tertiary/aromatic N) is 1. The van der Waals surface area contributed by atoms with Gasteiger partial charge in [-0.3, -0.25) is 43.3 Å². The van der Waals surface area contributed by atoms with Crippen LogP contribution >= 0.6 is 0 Å². The summed E-state index contributed by atoms with van der Waals surface area (Å²) in [6.07, 6.45) is 9.39. The number of hydrogen-bond donors (Lipinski definition) is 8. The Morgan fingerprint density at radius 3 is 2.02 bits per heavy atom. The summed E-state index contributed by atoms with van der Waals surface area (Å²) < 4.78 is 5.61. The van der Waals surface area contributed by atoms with Gasteiger partial charge in [-0.15, -0.1) is 0 Å². The zero-order valence-electron chi connectivity index (χ0n) is 36.2. The summed E-state index contributed by atoms with van der Waals surface area (Å²) in [6.45, 7) is 5.73. The molecule has 0 spiro atoms. The van der Waals surface area contributed by atoms with E-state index in [0.29, 0.717) is 10.6 Å². The number of nitrogens with one attached hydrogen (secondary N) is 6. The van der Waals surface area contributed by atoms with Crippen LogP contribution in [0.1, 0.15) is 104 Å². The highest BCUT2D eigenvalue weighted by atomic mass is 16.5. The standard InChI is InChI=1S/C43H64N8O11/c1-27(2)36(50-38(57)32(20-23-45-41(60)43(3,4)21-24-52)48-33(53)25-51-34(54)18-19-35(51)55)39(58)49-31(13-10-22-46-42(44)61)37(56)47-30-16-14-28(15-17-30)26-62-40(59)29-11-8-6-5-7-9-12-29/h14-19,27,29,31-32,36,52H,5-13,20-26H2,1-4H3,(H,45,60)(H,47,56)(H,48,53)(H,49,58)(H,50,57)(H3,44,46,61). The number of aliphatic hydroxyl groups is 1. The summed E-state index contributed by atoms with van der Waals surface area (Å²) in [5.41, 5.74) is 5.37. The smallest absolute Gasteiger partial charge is 0.312 e. The van der Waals surface area contributed by atoms with Crippen LogP contribution in [0.15, 0.2) is 36.4 Å². The van der Waals surface area contributed by atoms with Crippen LogP contribution in [0.25, 0.3) is 0 Å². The van der Waals surface area contributed by atoms with Crippen molar-refractivity contribution >= 4 is 59.0 Å². The number of imide groups is 1. The molecule has 62 heavy (non-hydrogen) atoms. The molecule has 0 radical (unpaired) electrons. The number of amides is 9. The van der Waals surface area contributed by atoms with Gasteiger partial charge in [-0.1, -0.05) is 71.9 Å². The number of rotatable bonds is 23. The van der Waals surface area contributed by atoms with Gasteiger partial charge in [0.15, 0.2) is 0 Å². The predicted octanol–water partition coefficient (Wildman–Crippen LogP) is 1.43. The molecule has 1 aliphatic heterocycles. The third kappa shape index (κ3) is 16.9. The van der Waals surface area contributed by atoms with Crippen molar-refractivity contribution in [2.45, 2.75) is 123 Å². The summed E-state index contributed by atoms with van der Waals surface area (Å²) in [6, 6.07) is 2.18. The fourth-order valence-corrected chi connectivity index (χ4v) is 6.92. The second kappa shape index (κ2) is 25.2. The van der Waals surface area contributed by atoms with E-state index in [-0.39, 0.29) is 63.9 Å². The molecule has 3 atom stereocenters. The van der Waals surface area contributed by atoms with Crippen molar-refractivity contribution < 1.29 is 53.0 Å². The minimum absolute atomic E-state index is 0.0552. The molecule has 3 unspecified atom stereocenters. The molecule has 1 fully saturated rings. The molecule has 1 heterocycles. The first-order valence-corrected chi connectivity index (χ1v) is 21.3. The molecule has 1 aliphatic carbocycles. The van der Waals surface area contributed by atoms with Crippen LogP contribution in [0.3, 0.4) is 0 Å². The monoisotopic (exact) mass is 868 g/mol. The fourth-order valence-electron chi connectivity index (χ4n) is 6.92. The van der Waals surface area contributed by atoms with E-state index in [1.54, 1.807) is 52.0 Å². The third-order valence-corrected chi connectivity index (χ3v) is 10.8. The van der Waals surface area contributed by atoms with Crippen molar-refractivity contribution in [2.24, 2.45) is 23.0 Å². The molecule has 1 saturated carbocycles. The van der Waals surface area contributed by atoms with Crippen molar-refractivity contribution in [1.82, 2.24) is 31.5 Å². The highest BCUT2D eigenvalue weighted by molar-refractivity contribution is 6.14. The Kier molecular flexibility index (Phi) is 20.5. The van der Waals surface area contributed by atoms with Gasteiger partial charge < -0.3 is 47.5 Å². The van der Waals surface area contributed by atoms with Crippen molar-refractivity contribution in [3.8, 4) is 0 Å². The number of urea groups is 1. The predicted molar refractivity (Wildman–Crippen MR) is 227 cm³/mol. The maximum Gasteiger partial charge on any atom is 0.312 e. The Morgan fingerprint density at radius 1 is 0.806 bits per heavy atom. The summed E-state index contributed by atoms with van der Waals surface area (Å²) in [7, 11) is 0. The molecule has 9 N–H and O–H groups in total. The second-order valence-corrected chi connectivity index (χ2v) is 16.7. The van der Waals surface area contributed by atoms with Gasteiger partial charge in [0.2, 0.25) is 29.5 Å². The van der Waals surface area contributed by atoms with Gasteiger partial charge in [0.05, 0.1) is 5.92 Å². The van der Waals surface area contributed by atoms with Crippen LogP contribution in [0.4, 0.5) is 10.5 Å². The van der Waals surface area contributed by atoms with Crippen molar-refractivity contribution in [3.05, 3.63) is 42.0 Å². The van der Waals surface area contributed by atoms with E-state index in [0.717, 1.165) is 56.2 Å². The van der Waals surface area contributed by atoms with Gasteiger partial charge in [-0.05, 0) is 62.1 Å². The van der Waals surface area contributed by atoms with Crippen LogP contribution in [0, 0.1) is 17.3 Å². The lowest BCUT2D eigenvalue weighted by atomic mass is 9.88. The molecule has 0 aromatic heterocycles. The molecule has 1 aromatic carbocycles. The van der Waals surface area contributed by atoms with Crippen LogP contribution in [-0.4, -0.2) is 108 Å². The molecule has 0 saturated heterocycles. The van der Waals surface area contributed by atoms with Crippen molar-refractivity contribution in [2.75, 3.05) is 31.6 Å². The first-order chi connectivity index (χ1) is 29.4. The number of ether oxygens (including phenoxy) is 1.